The number of piperidine rings is 1. The summed E-state index contributed by atoms with van der Waals surface area (Å²) in [5, 5.41) is 0. The topological polar surface area (TPSA) is 58.6 Å². The number of fused-ring (bicyclic) bond motifs is 1. The Labute approximate surface area is 176 Å². The molecule has 0 aliphatic carbocycles. The number of nitrogens with zero attached hydrogens (tertiary/aromatic N) is 4. The molecule has 154 valence electrons. The van der Waals surface area contributed by atoms with E-state index in [-0.39, 0.29) is 5.91 Å². The van der Waals surface area contributed by atoms with E-state index < -0.39 is 0 Å². The van der Waals surface area contributed by atoms with Crippen molar-refractivity contribution in [2.75, 3.05) is 44.3 Å². The van der Waals surface area contributed by atoms with Gasteiger partial charge in [-0.15, -0.1) is 0 Å². The van der Waals surface area contributed by atoms with Crippen LogP contribution in [0.4, 0.5) is 5.82 Å². The van der Waals surface area contributed by atoms with E-state index in [0.717, 1.165) is 41.1 Å². The summed E-state index contributed by atoms with van der Waals surface area (Å²) < 4.78 is 5.34. The molecule has 2 aliphatic rings. The summed E-state index contributed by atoms with van der Waals surface area (Å²) in [7, 11) is 0. The van der Waals surface area contributed by atoms with Crippen LogP contribution < -0.4 is 4.90 Å². The molecular formula is C24H26N4O2. The molecule has 2 fully saturated rings. The third-order valence-electron chi connectivity index (χ3n) is 5.97. The van der Waals surface area contributed by atoms with Gasteiger partial charge in [-0.05, 0) is 54.7 Å². The number of morpholine rings is 1. The van der Waals surface area contributed by atoms with Gasteiger partial charge in [0.15, 0.2) is 0 Å². The molecule has 0 radical (unpaired) electrons. The van der Waals surface area contributed by atoms with Gasteiger partial charge in [0.2, 0.25) is 0 Å². The van der Waals surface area contributed by atoms with Crippen LogP contribution >= 0.6 is 0 Å². The normalized spacial score (nSPS) is 17.3. The van der Waals surface area contributed by atoms with E-state index in [2.05, 4.69) is 22.0 Å². The van der Waals surface area contributed by atoms with Crippen molar-refractivity contribution in [3.8, 4) is 11.1 Å². The molecule has 1 amide bonds. The molecule has 2 saturated heterocycles. The number of rotatable bonds is 3. The summed E-state index contributed by atoms with van der Waals surface area (Å²) in [5.41, 5.74) is 4.68. The molecule has 3 heterocycles. The number of carbonyl (C=O) groups excluding carboxylic acids is 1. The molecule has 30 heavy (non-hydrogen) atoms. The standard InChI is InChI=1S/C24H26N4O2/c29-24(28-12-14-30-15-13-28)19-6-4-18(5-7-19)20-8-9-21-22(16-20)26-23(17-25-21)27-10-2-1-3-11-27/h4-9,16-17H,1-3,10-15H2. The van der Waals surface area contributed by atoms with E-state index >= 15 is 0 Å². The van der Waals surface area contributed by atoms with Crippen LogP contribution in [0.3, 0.4) is 0 Å². The lowest BCUT2D eigenvalue weighted by molar-refractivity contribution is 0.0303. The van der Waals surface area contributed by atoms with Crippen LogP contribution in [-0.2, 0) is 4.74 Å². The fourth-order valence-corrected chi connectivity index (χ4v) is 4.21. The zero-order valence-corrected chi connectivity index (χ0v) is 17.1. The van der Waals surface area contributed by atoms with E-state index in [1.54, 1.807) is 0 Å². The third kappa shape index (κ3) is 3.87. The Morgan fingerprint density at radius 2 is 1.57 bits per heavy atom. The highest BCUT2D eigenvalue weighted by molar-refractivity contribution is 5.95. The Morgan fingerprint density at radius 3 is 2.33 bits per heavy atom. The van der Waals surface area contributed by atoms with Crippen LogP contribution in [0, 0.1) is 0 Å². The lowest BCUT2D eigenvalue weighted by Gasteiger charge is -2.27. The predicted octanol–water partition coefficient (Wildman–Crippen LogP) is 3.76. The van der Waals surface area contributed by atoms with Crippen molar-refractivity contribution < 1.29 is 9.53 Å². The second-order valence-corrected chi connectivity index (χ2v) is 7.96. The molecule has 6 nitrogen and oxygen atoms in total. The first-order valence-corrected chi connectivity index (χ1v) is 10.8. The monoisotopic (exact) mass is 402 g/mol. The molecule has 0 atom stereocenters. The summed E-state index contributed by atoms with van der Waals surface area (Å²) in [4.78, 5) is 26.3. The Balaban J connectivity index is 1.39. The van der Waals surface area contributed by atoms with E-state index in [1.165, 1.54) is 19.3 Å². The van der Waals surface area contributed by atoms with Crippen LogP contribution in [0.2, 0.25) is 0 Å². The van der Waals surface area contributed by atoms with Crippen molar-refractivity contribution in [2.24, 2.45) is 0 Å². The van der Waals surface area contributed by atoms with Crippen LogP contribution in [0.1, 0.15) is 29.6 Å². The first kappa shape index (κ1) is 19.0. The molecule has 0 unspecified atom stereocenters. The van der Waals surface area contributed by atoms with Crippen molar-refractivity contribution in [1.29, 1.82) is 0 Å². The van der Waals surface area contributed by atoms with Crippen molar-refractivity contribution in [3.05, 3.63) is 54.2 Å². The highest BCUT2D eigenvalue weighted by atomic mass is 16.5. The number of hydrogen-bond donors (Lipinski definition) is 0. The van der Waals surface area contributed by atoms with Gasteiger partial charge in [-0.2, -0.15) is 0 Å². The van der Waals surface area contributed by atoms with Gasteiger partial charge < -0.3 is 14.5 Å². The highest BCUT2D eigenvalue weighted by Crippen LogP contribution is 2.26. The minimum Gasteiger partial charge on any atom is -0.378 e. The van der Waals surface area contributed by atoms with Gasteiger partial charge in [-0.1, -0.05) is 18.2 Å². The quantitative estimate of drug-likeness (QED) is 0.668. The van der Waals surface area contributed by atoms with E-state index in [1.807, 2.05) is 41.4 Å². The first-order valence-electron chi connectivity index (χ1n) is 10.8. The number of anilines is 1. The van der Waals surface area contributed by atoms with Gasteiger partial charge in [-0.25, -0.2) is 4.98 Å². The minimum atomic E-state index is 0.0698. The molecule has 0 spiro atoms. The third-order valence-corrected chi connectivity index (χ3v) is 5.97. The van der Waals surface area contributed by atoms with Crippen LogP contribution in [-0.4, -0.2) is 60.2 Å². The fraction of sp³-hybridized carbons (Fsp3) is 0.375. The summed E-state index contributed by atoms with van der Waals surface area (Å²) in [5.74, 6) is 1.03. The lowest BCUT2D eigenvalue weighted by Crippen LogP contribution is -2.40. The molecule has 5 rings (SSSR count). The van der Waals surface area contributed by atoms with Crippen LogP contribution in [0.5, 0.6) is 0 Å². The average Bonchev–Trinajstić information content (AvgIpc) is 2.84. The van der Waals surface area contributed by atoms with Crippen LogP contribution in [0.25, 0.3) is 22.2 Å². The molecule has 2 aromatic carbocycles. The number of aromatic nitrogens is 2. The maximum absolute atomic E-state index is 12.7. The van der Waals surface area contributed by atoms with Gasteiger partial charge in [0, 0.05) is 31.7 Å². The number of carbonyl (C=O) groups is 1. The maximum Gasteiger partial charge on any atom is 0.254 e. The van der Waals surface area contributed by atoms with Crippen molar-refractivity contribution >= 4 is 22.8 Å². The van der Waals surface area contributed by atoms with Gasteiger partial charge in [-0.3, -0.25) is 9.78 Å². The van der Waals surface area contributed by atoms with E-state index in [4.69, 9.17) is 9.72 Å². The zero-order valence-electron chi connectivity index (χ0n) is 17.1. The molecular weight excluding hydrogens is 376 g/mol. The summed E-state index contributed by atoms with van der Waals surface area (Å²) in [6.07, 6.45) is 5.62. The molecule has 1 aromatic heterocycles. The minimum absolute atomic E-state index is 0.0698. The molecule has 3 aromatic rings. The van der Waals surface area contributed by atoms with Crippen molar-refractivity contribution in [1.82, 2.24) is 14.9 Å². The first-order chi connectivity index (χ1) is 14.8. The Morgan fingerprint density at radius 1 is 0.833 bits per heavy atom. The summed E-state index contributed by atoms with van der Waals surface area (Å²) in [6, 6.07) is 14.0. The second-order valence-electron chi connectivity index (χ2n) is 7.96. The zero-order chi connectivity index (χ0) is 20.3. The number of ether oxygens (including phenoxy) is 1. The number of amides is 1. The van der Waals surface area contributed by atoms with Crippen molar-refractivity contribution in [3.63, 3.8) is 0 Å². The Kier molecular flexibility index (Phi) is 5.32. The lowest BCUT2D eigenvalue weighted by atomic mass is 10.0. The molecule has 0 bridgehead atoms. The SMILES string of the molecule is O=C(c1ccc(-c2ccc3ncc(N4CCCCC4)nc3c2)cc1)N1CCOCC1. The molecule has 2 aliphatic heterocycles. The maximum atomic E-state index is 12.7. The Bertz CT molecular complexity index is 1040. The van der Waals surface area contributed by atoms with Gasteiger partial charge in [0.1, 0.15) is 5.82 Å². The van der Waals surface area contributed by atoms with E-state index in [9.17, 15) is 4.79 Å². The molecule has 6 heteroatoms. The predicted molar refractivity (Wildman–Crippen MR) is 118 cm³/mol. The van der Waals surface area contributed by atoms with E-state index in [0.29, 0.717) is 31.9 Å². The van der Waals surface area contributed by atoms with Crippen LogP contribution in [0.15, 0.2) is 48.7 Å². The summed E-state index contributed by atoms with van der Waals surface area (Å²) >= 11 is 0. The second kappa shape index (κ2) is 8.40. The summed E-state index contributed by atoms with van der Waals surface area (Å²) in [6.45, 7) is 4.65. The average molecular weight is 402 g/mol. The smallest absolute Gasteiger partial charge is 0.254 e. The van der Waals surface area contributed by atoms with Gasteiger partial charge in [0.25, 0.3) is 5.91 Å². The largest absolute Gasteiger partial charge is 0.378 e. The van der Waals surface area contributed by atoms with Gasteiger partial charge in [0.05, 0.1) is 30.4 Å². The van der Waals surface area contributed by atoms with Crippen molar-refractivity contribution in [2.45, 2.75) is 19.3 Å². The Hall–Kier alpha value is -2.99. The fourth-order valence-electron chi connectivity index (χ4n) is 4.21. The number of benzene rings is 2. The molecule has 0 saturated carbocycles. The number of hydrogen-bond acceptors (Lipinski definition) is 5. The highest BCUT2D eigenvalue weighted by Gasteiger charge is 2.18. The van der Waals surface area contributed by atoms with Gasteiger partial charge >= 0.3 is 0 Å². The molecule has 0 N–H and O–H groups in total.